The molecule has 1 rings (SSSR count). The third-order valence-electron chi connectivity index (χ3n) is 3.46. The minimum atomic E-state index is -0.839. The highest BCUT2D eigenvalue weighted by molar-refractivity contribution is 5.99. The molecule has 4 heteroatoms. The molecule has 0 saturated heterocycles. The fourth-order valence-electron chi connectivity index (χ4n) is 1.72. The number of amides is 1. The summed E-state index contributed by atoms with van der Waals surface area (Å²) in [7, 11) is 0. The van der Waals surface area contributed by atoms with Gasteiger partial charge in [-0.25, -0.2) is 0 Å². The van der Waals surface area contributed by atoms with Crippen LogP contribution in [-0.2, 0) is 0 Å². The minimum Gasteiger partial charge on any atom is -0.398 e. The lowest BCUT2D eigenvalue weighted by atomic mass is 9.97. The number of rotatable bonds is 5. The maximum absolute atomic E-state index is 12.0. The standard InChI is InChI=1S/C14H22N2O2/c1-4-14(18,5-2)9-16-13(17)11-8-6-7-10(3)12(11)15/h6-8,18H,4-5,9,15H2,1-3H3,(H,16,17). The second-order valence-corrected chi connectivity index (χ2v) is 4.65. The number of nitrogens with two attached hydrogens (primary N) is 1. The topological polar surface area (TPSA) is 75.3 Å². The first-order valence-corrected chi connectivity index (χ1v) is 6.29. The first-order chi connectivity index (χ1) is 8.43. The quantitative estimate of drug-likeness (QED) is 0.698. The fraction of sp³-hybridized carbons (Fsp3) is 0.500. The molecule has 0 aromatic heterocycles. The molecule has 4 nitrogen and oxygen atoms in total. The lowest BCUT2D eigenvalue weighted by Gasteiger charge is -2.25. The second-order valence-electron chi connectivity index (χ2n) is 4.65. The van der Waals surface area contributed by atoms with Crippen molar-refractivity contribution in [1.82, 2.24) is 5.32 Å². The van der Waals surface area contributed by atoms with Gasteiger partial charge in [-0.1, -0.05) is 26.0 Å². The Bertz CT molecular complexity index is 426. The van der Waals surface area contributed by atoms with Crippen molar-refractivity contribution in [2.75, 3.05) is 12.3 Å². The predicted octanol–water partition coefficient (Wildman–Crippen LogP) is 1.86. The van der Waals surface area contributed by atoms with Gasteiger partial charge in [-0.05, 0) is 31.4 Å². The summed E-state index contributed by atoms with van der Waals surface area (Å²) in [5.41, 5.74) is 6.86. The van der Waals surface area contributed by atoms with E-state index in [4.69, 9.17) is 5.73 Å². The highest BCUT2D eigenvalue weighted by Crippen LogP contribution is 2.17. The van der Waals surface area contributed by atoms with E-state index in [0.29, 0.717) is 24.1 Å². The van der Waals surface area contributed by atoms with Crippen LogP contribution >= 0.6 is 0 Å². The molecular formula is C14H22N2O2. The zero-order chi connectivity index (χ0) is 13.8. The number of para-hydroxylation sites is 1. The van der Waals surface area contributed by atoms with Crippen molar-refractivity contribution in [3.8, 4) is 0 Å². The van der Waals surface area contributed by atoms with Gasteiger partial charge in [0.25, 0.3) is 5.91 Å². The van der Waals surface area contributed by atoms with E-state index in [1.807, 2.05) is 26.8 Å². The number of benzene rings is 1. The van der Waals surface area contributed by atoms with Crippen molar-refractivity contribution in [2.45, 2.75) is 39.2 Å². The molecular weight excluding hydrogens is 228 g/mol. The molecule has 1 amide bonds. The van der Waals surface area contributed by atoms with E-state index in [0.717, 1.165) is 5.56 Å². The van der Waals surface area contributed by atoms with Crippen LogP contribution in [0.5, 0.6) is 0 Å². The maximum atomic E-state index is 12.0. The van der Waals surface area contributed by atoms with E-state index in [2.05, 4.69) is 5.32 Å². The van der Waals surface area contributed by atoms with Gasteiger partial charge in [0.15, 0.2) is 0 Å². The zero-order valence-corrected chi connectivity index (χ0v) is 11.3. The van der Waals surface area contributed by atoms with E-state index >= 15 is 0 Å². The Morgan fingerprint density at radius 1 is 1.39 bits per heavy atom. The van der Waals surface area contributed by atoms with Crippen LogP contribution in [0.2, 0.25) is 0 Å². The molecule has 1 aromatic carbocycles. The van der Waals surface area contributed by atoms with Crippen LogP contribution in [0.25, 0.3) is 0 Å². The van der Waals surface area contributed by atoms with Gasteiger partial charge < -0.3 is 16.2 Å². The summed E-state index contributed by atoms with van der Waals surface area (Å²) in [4.78, 5) is 12.0. The molecule has 100 valence electrons. The summed E-state index contributed by atoms with van der Waals surface area (Å²) in [6, 6.07) is 5.35. The van der Waals surface area contributed by atoms with Gasteiger partial charge in [-0.3, -0.25) is 4.79 Å². The normalized spacial score (nSPS) is 11.3. The van der Waals surface area contributed by atoms with Gasteiger partial charge in [0.2, 0.25) is 0 Å². The number of nitrogen functional groups attached to an aromatic ring is 1. The van der Waals surface area contributed by atoms with Crippen LogP contribution in [0.3, 0.4) is 0 Å². The largest absolute Gasteiger partial charge is 0.398 e. The van der Waals surface area contributed by atoms with Gasteiger partial charge in [0, 0.05) is 12.2 Å². The highest BCUT2D eigenvalue weighted by atomic mass is 16.3. The van der Waals surface area contributed by atoms with E-state index in [9.17, 15) is 9.90 Å². The van der Waals surface area contributed by atoms with Crippen LogP contribution in [-0.4, -0.2) is 23.2 Å². The molecule has 0 spiro atoms. The molecule has 0 atom stereocenters. The predicted molar refractivity (Wildman–Crippen MR) is 73.5 cm³/mol. The van der Waals surface area contributed by atoms with Crippen molar-refractivity contribution in [1.29, 1.82) is 0 Å². The summed E-state index contributed by atoms with van der Waals surface area (Å²) in [6.07, 6.45) is 1.21. The van der Waals surface area contributed by atoms with Crippen molar-refractivity contribution < 1.29 is 9.90 Å². The van der Waals surface area contributed by atoms with Gasteiger partial charge in [-0.15, -0.1) is 0 Å². The van der Waals surface area contributed by atoms with Crippen LogP contribution in [0.15, 0.2) is 18.2 Å². The zero-order valence-electron chi connectivity index (χ0n) is 11.3. The number of anilines is 1. The average Bonchev–Trinajstić information content (AvgIpc) is 2.39. The number of aliphatic hydroxyl groups is 1. The molecule has 0 bridgehead atoms. The summed E-state index contributed by atoms with van der Waals surface area (Å²) < 4.78 is 0. The third kappa shape index (κ3) is 3.23. The number of carbonyl (C=O) groups excluding carboxylic acids is 1. The molecule has 0 saturated carbocycles. The van der Waals surface area contributed by atoms with E-state index in [1.165, 1.54) is 0 Å². The summed E-state index contributed by atoms with van der Waals surface area (Å²) in [5, 5.41) is 12.8. The molecule has 0 aliphatic rings. The summed E-state index contributed by atoms with van der Waals surface area (Å²) in [6.45, 7) is 5.90. The third-order valence-corrected chi connectivity index (χ3v) is 3.46. The molecule has 18 heavy (non-hydrogen) atoms. The summed E-state index contributed by atoms with van der Waals surface area (Å²) >= 11 is 0. The van der Waals surface area contributed by atoms with E-state index in [-0.39, 0.29) is 12.5 Å². The molecule has 0 aliphatic carbocycles. The Kier molecular flexibility index (Phi) is 4.73. The van der Waals surface area contributed by atoms with Crippen molar-refractivity contribution >= 4 is 11.6 Å². The van der Waals surface area contributed by atoms with Crippen LogP contribution in [0, 0.1) is 6.92 Å². The Labute approximate surface area is 108 Å². The van der Waals surface area contributed by atoms with Crippen molar-refractivity contribution in [3.63, 3.8) is 0 Å². The molecule has 0 heterocycles. The number of hydrogen-bond acceptors (Lipinski definition) is 3. The Hall–Kier alpha value is -1.55. The van der Waals surface area contributed by atoms with Gasteiger partial charge in [-0.2, -0.15) is 0 Å². The highest BCUT2D eigenvalue weighted by Gasteiger charge is 2.23. The maximum Gasteiger partial charge on any atom is 0.253 e. The second kappa shape index (κ2) is 5.87. The number of nitrogens with one attached hydrogen (secondary N) is 1. The first-order valence-electron chi connectivity index (χ1n) is 6.29. The minimum absolute atomic E-state index is 0.239. The molecule has 0 unspecified atom stereocenters. The molecule has 0 radical (unpaired) electrons. The average molecular weight is 250 g/mol. The SMILES string of the molecule is CCC(O)(CC)CNC(=O)c1cccc(C)c1N. The Balaban J connectivity index is 2.75. The van der Waals surface area contributed by atoms with Gasteiger partial charge >= 0.3 is 0 Å². The number of carbonyl (C=O) groups is 1. The van der Waals surface area contributed by atoms with Crippen molar-refractivity contribution in [3.05, 3.63) is 29.3 Å². The van der Waals surface area contributed by atoms with Gasteiger partial charge in [0.05, 0.1) is 11.2 Å². The van der Waals surface area contributed by atoms with Crippen LogP contribution in [0.1, 0.15) is 42.6 Å². The lowest BCUT2D eigenvalue weighted by molar-refractivity contribution is 0.0314. The monoisotopic (exact) mass is 250 g/mol. The van der Waals surface area contributed by atoms with Crippen LogP contribution < -0.4 is 11.1 Å². The summed E-state index contributed by atoms with van der Waals surface area (Å²) in [5.74, 6) is -0.239. The molecule has 0 aliphatic heterocycles. The smallest absolute Gasteiger partial charge is 0.253 e. The van der Waals surface area contributed by atoms with Gasteiger partial charge in [0.1, 0.15) is 0 Å². The molecule has 0 fully saturated rings. The Morgan fingerprint density at radius 2 is 2.00 bits per heavy atom. The van der Waals surface area contributed by atoms with E-state index < -0.39 is 5.60 Å². The Morgan fingerprint density at radius 3 is 2.56 bits per heavy atom. The van der Waals surface area contributed by atoms with E-state index in [1.54, 1.807) is 12.1 Å². The number of hydrogen-bond donors (Lipinski definition) is 3. The number of aryl methyl sites for hydroxylation is 1. The van der Waals surface area contributed by atoms with Crippen LogP contribution in [0.4, 0.5) is 5.69 Å². The molecule has 1 aromatic rings. The first kappa shape index (κ1) is 14.5. The van der Waals surface area contributed by atoms with Crippen molar-refractivity contribution in [2.24, 2.45) is 0 Å². The molecule has 4 N–H and O–H groups in total. The fourth-order valence-corrected chi connectivity index (χ4v) is 1.72. The lowest BCUT2D eigenvalue weighted by Crippen LogP contribution is -2.42.